The highest BCUT2D eigenvalue weighted by Gasteiger charge is 2.61. The largest absolute Gasteiger partial charge is 0.361 e. The summed E-state index contributed by atoms with van der Waals surface area (Å²) in [5.41, 5.74) is 2.15. The van der Waals surface area contributed by atoms with Crippen molar-refractivity contribution >= 4 is 5.78 Å². The van der Waals surface area contributed by atoms with Gasteiger partial charge < -0.3 is 4.74 Å². The number of hydrogen-bond donors (Lipinski definition) is 0. The van der Waals surface area contributed by atoms with E-state index in [-0.39, 0.29) is 5.60 Å². The van der Waals surface area contributed by atoms with Crippen LogP contribution in [0, 0.1) is 0 Å². The van der Waals surface area contributed by atoms with Crippen molar-refractivity contribution in [2.75, 3.05) is 0 Å². The van der Waals surface area contributed by atoms with E-state index in [1.165, 1.54) is 31.3 Å². The van der Waals surface area contributed by atoms with E-state index in [2.05, 4.69) is 20.8 Å². The number of Topliss-reactive ketones (excluding diaryl/α,β-unsaturated/α-hetero) is 1. The number of unbranched alkanes of at least 4 members (excludes halogenated alkanes) is 3. The van der Waals surface area contributed by atoms with Crippen LogP contribution in [0.2, 0.25) is 0 Å². The van der Waals surface area contributed by atoms with Crippen LogP contribution < -0.4 is 0 Å². The van der Waals surface area contributed by atoms with Gasteiger partial charge in [-0.25, -0.2) is 0 Å². The molecule has 0 saturated carbocycles. The SMILES string of the molecule is CCCCCC[C@H]1O[C@@]12CC(=O)C(CCC)=C2C. The lowest BCUT2D eigenvalue weighted by Crippen LogP contribution is -2.14. The molecule has 1 saturated heterocycles. The summed E-state index contributed by atoms with van der Waals surface area (Å²) in [5.74, 6) is 0.338. The molecule has 18 heavy (non-hydrogen) atoms. The Bertz CT molecular complexity index is 356. The third-order valence-corrected chi connectivity index (χ3v) is 4.48. The van der Waals surface area contributed by atoms with E-state index in [1.807, 2.05) is 0 Å². The van der Waals surface area contributed by atoms with E-state index < -0.39 is 0 Å². The third kappa shape index (κ3) is 2.40. The summed E-state index contributed by atoms with van der Waals surface area (Å²) in [4.78, 5) is 12.0. The first-order chi connectivity index (χ1) is 8.65. The summed E-state index contributed by atoms with van der Waals surface area (Å²) in [6.45, 7) is 6.48. The Morgan fingerprint density at radius 3 is 2.67 bits per heavy atom. The zero-order valence-electron chi connectivity index (χ0n) is 12.1. The average Bonchev–Trinajstić information content (AvgIpc) is 2.99. The van der Waals surface area contributed by atoms with Crippen molar-refractivity contribution in [2.24, 2.45) is 0 Å². The van der Waals surface area contributed by atoms with Crippen molar-refractivity contribution in [2.45, 2.75) is 83.8 Å². The summed E-state index contributed by atoms with van der Waals surface area (Å²) in [6, 6.07) is 0. The molecule has 102 valence electrons. The first-order valence-electron chi connectivity index (χ1n) is 7.57. The number of epoxide rings is 1. The van der Waals surface area contributed by atoms with E-state index in [4.69, 9.17) is 4.74 Å². The monoisotopic (exact) mass is 250 g/mol. The van der Waals surface area contributed by atoms with Crippen LogP contribution >= 0.6 is 0 Å². The number of carbonyl (C=O) groups is 1. The van der Waals surface area contributed by atoms with E-state index >= 15 is 0 Å². The molecule has 0 aromatic carbocycles. The molecular formula is C16H26O2. The smallest absolute Gasteiger partial charge is 0.162 e. The highest BCUT2D eigenvalue weighted by Crippen LogP contribution is 2.53. The fourth-order valence-corrected chi connectivity index (χ4v) is 3.27. The van der Waals surface area contributed by atoms with E-state index in [9.17, 15) is 4.79 Å². The van der Waals surface area contributed by atoms with E-state index in [0.717, 1.165) is 24.8 Å². The Morgan fingerprint density at radius 1 is 1.22 bits per heavy atom. The molecule has 2 atom stereocenters. The van der Waals surface area contributed by atoms with Crippen LogP contribution in [0.3, 0.4) is 0 Å². The van der Waals surface area contributed by atoms with Crippen molar-refractivity contribution in [1.29, 1.82) is 0 Å². The minimum atomic E-state index is -0.159. The normalized spacial score (nSPS) is 30.6. The lowest BCUT2D eigenvalue weighted by Gasteiger charge is -2.05. The molecule has 1 fully saturated rings. The van der Waals surface area contributed by atoms with Gasteiger partial charge in [-0.1, -0.05) is 46.0 Å². The van der Waals surface area contributed by atoms with Gasteiger partial charge in [-0.2, -0.15) is 0 Å². The summed E-state index contributed by atoms with van der Waals surface area (Å²) in [5, 5.41) is 0. The molecule has 2 heteroatoms. The van der Waals surface area contributed by atoms with Gasteiger partial charge in [0, 0.05) is 6.42 Å². The van der Waals surface area contributed by atoms with Gasteiger partial charge in [0.1, 0.15) is 5.60 Å². The van der Waals surface area contributed by atoms with Crippen molar-refractivity contribution in [3.63, 3.8) is 0 Å². The maximum atomic E-state index is 12.0. The molecule has 0 radical (unpaired) electrons. The van der Waals surface area contributed by atoms with Crippen molar-refractivity contribution in [1.82, 2.24) is 0 Å². The van der Waals surface area contributed by atoms with Crippen molar-refractivity contribution in [3.8, 4) is 0 Å². The van der Waals surface area contributed by atoms with Crippen LogP contribution in [0.5, 0.6) is 0 Å². The second-order valence-electron chi connectivity index (χ2n) is 5.80. The zero-order chi connectivity index (χ0) is 13.2. The van der Waals surface area contributed by atoms with Gasteiger partial charge in [0.25, 0.3) is 0 Å². The Balaban J connectivity index is 1.90. The van der Waals surface area contributed by atoms with Crippen LogP contribution in [0.25, 0.3) is 0 Å². The van der Waals surface area contributed by atoms with Crippen LogP contribution in [0.15, 0.2) is 11.1 Å². The molecule has 0 bridgehead atoms. The predicted octanol–water partition coefficient (Wildman–Crippen LogP) is 4.18. The first-order valence-corrected chi connectivity index (χ1v) is 7.57. The van der Waals surface area contributed by atoms with Gasteiger partial charge in [0.05, 0.1) is 6.10 Å². The molecule has 0 amide bonds. The number of hydrogen-bond acceptors (Lipinski definition) is 2. The molecule has 0 aromatic heterocycles. The Kier molecular flexibility index (Phi) is 4.26. The fourth-order valence-electron chi connectivity index (χ4n) is 3.27. The van der Waals surface area contributed by atoms with Crippen molar-refractivity contribution in [3.05, 3.63) is 11.1 Å². The van der Waals surface area contributed by atoms with Crippen LogP contribution in [0.4, 0.5) is 0 Å². The van der Waals surface area contributed by atoms with Gasteiger partial charge in [-0.05, 0) is 30.9 Å². The quantitative estimate of drug-likeness (QED) is 0.501. The lowest BCUT2D eigenvalue weighted by molar-refractivity contribution is -0.115. The maximum Gasteiger partial charge on any atom is 0.162 e. The summed E-state index contributed by atoms with van der Waals surface area (Å²) in [6.07, 6.45) is 9.18. The third-order valence-electron chi connectivity index (χ3n) is 4.48. The molecule has 0 unspecified atom stereocenters. The average molecular weight is 250 g/mol. The minimum Gasteiger partial charge on any atom is -0.361 e. The molecular weight excluding hydrogens is 224 g/mol. The molecule has 0 N–H and O–H groups in total. The van der Waals surface area contributed by atoms with Gasteiger partial charge in [-0.15, -0.1) is 0 Å². The number of ketones is 1. The standard InChI is InChI=1S/C16H26O2/c1-4-6-7-8-10-15-16(18-15)11-14(17)13(9-5-2)12(16)3/h15H,4-11H2,1-3H3/t15-,16-/m1/s1. The minimum absolute atomic E-state index is 0.159. The van der Waals surface area contributed by atoms with Gasteiger partial charge in [-0.3, -0.25) is 4.79 Å². The van der Waals surface area contributed by atoms with Crippen LogP contribution in [-0.2, 0) is 9.53 Å². The molecule has 1 aliphatic carbocycles. The van der Waals surface area contributed by atoms with E-state index in [0.29, 0.717) is 18.3 Å². The molecule has 1 spiro atoms. The topological polar surface area (TPSA) is 29.6 Å². The molecule has 0 aromatic rings. The lowest BCUT2D eigenvalue weighted by atomic mass is 9.94. The second kappa shape index (κ2) is 5.56. The zero-order valence-corrected chi connectivity index (χ0v) is 12.1. The maximum absolute atomic E-state index is 12.0. The molecule has 2 nitrogen and oxygen atoms in total. The highest BCUT2D eigenvalue weighted by molar-refractivity contribution is 6.01. The number of carbonyl (C=O) groups excluding carboxylic acids is 1. The predicted molar refractivity (Wildman–Crippen MR) is 73.6 cm³/mol. The Morgan fingerprint density at radius 2 is 2.00 bits per heavy atom. The number of rotatable bonds is 7. The van der Waals surface area contributed by atoms with Gasteiger partial charge in [0.2, 0.25) is 0 Å². The van der Waals surface area contributed by atoms with E-state index in [1.54, 1.807) is 0 Å². The number of allylic oxidation sites excluding steroid dienone is 1. The van der Waals surface area contributed by atoms with Crippen molar-refractivity contribution < 1.29 is 9.53 Å². The number of ether oxygens (including phenoxy) is 1. The molecule has 2 rings (SSSR count). The summed E-state index contributed by atoms with van der Waals surface area (Å²) in [7, 11) is 0. The van der Waals surface area contributed by atoms with Gasteiger partial charge >= 0.3 is 0 Å². The Labute approximate surface area is 111 Å². The second-order valence-corrected chi connectivity index (χ2v) is 5.80. The fraction of sp³-hybridized carbons (Fsp3) is 0.812. The summed E-state index contributed by atoms with van der Waals surface area (Å²) < 4.78 is 5.93. The first kappa shape index (κ1) is 13.8. The highest BCUT2D eigenvalue weighted by atomic mass is 16.6. The Hall–Kier alpha value is -0.630. The molecule has 1 aliphatic heterocycles. The van der Waals surface area contributed by atoms with Crippen LogP contribution in [0.1, 0.15) is 72.1 Å². The van der Waals surface area contributed by atoms with Crippen LogP contribution in [-0.4, -0.2) is 17.5 Å². The van der Waals surface area contributed by atoms with Gasteiger partial charge in [0.15, 0.2) is 5.78 Å². The molecule has 2 aliphatic rings. The molecule has 1 heterocycles. The summed E-state index contributed by atoms with van der Waals surface area (Å²) >= 11 is 0.